The molecule has 0 aliphatic carbocycles. The van der Waals surface area contributed by atoms with Crippen LogP contribution in [-0.2, 0) is 0 Å². The SMILES string of the molecule is CCNC(=O)c1ccc(NC2CNC2)nn1. The average molecular weight is 221 g/mol. The Morgan fingerprint density at radius 2 is 2.31 bits per heavy atom. The molecule has 0 spiro atoms. The zero-order chi connectivity index (χ0) is 11.4. The molecule has 0 saturated carbocycles. The number of carbonyl (C=O) groups is 1. The van der Waals surface area contributed by atoms with Gasteiger partial charge in [0.05, 0.1) is 6.04 Å². The molecule has 1 aromatic heterocycles. The number of hydrogen-bond acceptors (Lipinski definition) is 5. The fourth-order valence-corrected chi connectivity index (χ4v) is 1.38. The van der Waals surface area contributed by atoms with Gasteiger partial charge in [0.25, 0.3) is 5.91 Å². The van der Waals surface area contributed by atoms with Gasteiger partial charge in [0.15, 0.2) is 5.69 Å². The van der Waals surface area contributed by atoms with Gasteiger partial charge in [-0.3, -0.25) is 4.79 Å². The Kier molecular flexibility index (Phi) is 3.31. The van der Waals surface area contributed by atoms with Crippen LogP contribution in [0.15, 0.2) is 12.1 Å². The van der Waals surface area contributed by atoms with Crippen molar-refractivity contribution >= 4 is 11.7 Å². The second-order valence-corrected chi connectivity index (χ2v) is 3.66. The molecule has 1 amide bonds. The molecule has 0 bridgehead atoms. The minimum absolute atomic E-state index is 0.188. The fourth-order valence-electron chi connectivity index (χ4n) is 1.38. The van der Waals surface area contributed by atoms with E-state index in [1.54, 1.807) is 12.1 Å². The van der Waals surface area contributed by atoms with E-state index in [1.807, 2.05) is 6.92 Å². The standard InChI is InChI=1S/C10H15N5O/c1-2-12-10(16)8-3-4-9(15-14-8)13-7-5-11-6-7/h3-4,7,11H,2,5-6H2,1H3,(H,12,16)(H,13,15). The number of nitrogens with one attached hydrogen (secondary N) is 3. The van der Waals surface area contributed by atoms with Gasteiger partial charge in [-0.05, 0) is 19.1 Å². The molecule has 6 nitrogen and oxygen atoms in total. The van der Waals surface area contributed by atoms with Gasteiger partial charge in [-0.1, -0.05) is 0 Å². The van der Waals surface area contributed by atoms with E-state index < -0.39 is 0 Å². The van der Waals surface area contributed by atoms with Gasteiger partial charge in [0.2, 0.25) is 0 Å². The van der Waals surface area contributed by atoms with Gasteiger partial charge in [0.1, 0.15) is 5.82 Å². The van der Waals surface area contributed by atoms with Gasteiger partial charge in [0, 0.05) is 19.6 Å². The second kappa shape index (κ2) is 4.89. The topological polar surface area (TPSA) is 78.9 Å². The third kappa shape index (κ3) is 2.46. The van der Waals surface area contributed by atoms with Crippen LogP contribution in [0.1, 0.15) is 17.4 Å². The Morgan fingerprint density at radius 3 is 2.81 bits per heavy atom. The third-order valence-corrected chi connectivity index (χ3v) is 2.37. The molecule has 16 heavy (non-hydrogen) atoms. The summed E-state index contributed by atoms with van der Waals surface area (Å²) in [6.45, 7) is 4.35. The van der Waals surface area contributed by atoms with E-state index >= 15 is 0 Å². The molecule has 1 aliphatic heterocycles. The third-order valence-electron chi connectivity index (χ3n) is 2.37. The molecule has 2 heterocycles. The van der Waals surface area contributed by atoms with E-state index in [9.17, 15) is 4.79 Å². The molecular formula is C10H15N5O. The van der Waals surface area contributed by atoms with Crippen molar-refractivity contribution in [2.24, 2.45) is 0 Å². The Balaban J connectivity index is 1.95. The molecule has 1 saturated heterocycles. The summed E-state index contributed by atoms with van der Waals surface area (Å²) in [7, 11) is 0. The molecule has 1 aliphatic rings. The van der Waals surface area contributed by atoms with Gasteiger partial charge in [-0.25, -0.2) is 0 Å². The molecule has 2 rings (SSSR count). The highest BCUT2D eigenvalue weighted by Gasteiger charge is 2.16. The molecule has 0 radical (unpaired) electrons. The van der Waals surface area contributed by atoms with Gasteiger partial charge in [-0.2, -0.15) is 0 Å². The minimum Gasteiger partial charge on any atom is -0.363 e. The first-order valence-electron chi connectivity index (χ1n) is 5.38. The van der Waals surface area contributed by atoms with Crippen LogP contribution in [0.3, 0.4) is 0 Å². The molecule has 6 heteroatoms. The highest BCUT2D eigenvalue weighted by Crippen LogP contribution is 2.06. The first kappa shape index (κ1) is 10.8. The van der Waals surface area contributed by atoms with Crippen molar-refractivity contribution in [3.05, 3.63) is 17.8 Å². The number of aromatic nitrogens is 2. The number of hydrogen-bond donors (Lipinski definition) is 3. The lowest BCUT2D eigenvalue weighted by Gasteiger charge is -2.28. The summed E-state index contributed by atoms with van der Waals surface area (Å²) in [5.41, 5.74) is 0.346. The van der Waals surface area contributed by atoms with Gasteiger partial charge >= 0.3 is 0 Å². The van der Waals surface area contributed by atoms with Crippen molar-refractivity contribution in [3.8, 4) is 0 Å². The number of amides is 1. The lowest BCUT2D eigenvalue weighted by atomic mass is 10.2. The monoisotopic (exact) mass is 221 g/mol. The molecule has 1 aromatic rings. The lowest BCUT2D eigenvalue weighted by molar-refractivity contribution is 0.0950. The Labute approximate surface area is 93.8 Å². The fraction of sp³-hybridized carbons (Fsp3) is 0.500. The summed E-state index contributed by atoms with van der Waals surface area (Å²) in [4.78, 5) is 11.4. The van der Waals surface area contributed by atoms with Crippen LogP contribution in [0, 0.1) is 0 Å². The van der Waals surface area contributed by atoms with Crippen molar-refractivity contribution in [1.29, 1.82) is 0 Å². The molecular weight excluding hydrogens is 206 g/mol. The van der Waals surface area contributed by atoms with Crippen LogP contribution in [0.25, 0.3) is 0 Å². The number of carbonyl (C=O) groups excluding carboxylic acids is 1. The maximum atomic E-state index is 11.4. The van der Waals surface area contributed by atoms with Crippen LogP contribution in [0.5, 0.6) is 0 Å². The van der Waals surface area contributed by atoms with Gasteiger partial charge < -0.3 is 16.0 Å². The first-order valence-corrected chi connectivity index (χ1v) is 5.38. The molecule has 0 atom stereocenters. The van der Waals surface area contributed by atoms with Crippen molar-refractivity contribution < 1.29 is 4.79 Å². The Hall–Kier alpha value is -1.69. The van der Waals surface area contributed by atoms with Crippen LogP contribution >= 0.6 is 0 Å². The summed E-state index contributed by atoms with van der Waals surface area (Å²) >= 11 is 0. The molecule has 86 valence electrons. The van der Waals surface area contributed by atoms with Crippen LogP contribution in [0.4, 0.5) is 5.82 Å². The highest BCUT2D eigenvalue weighted by atomic mass is 16.1. The maximum Gasteiger partial charge on any atom is 0.271 e. The van der Waals surface area contributed by atoms with Gasteiger partial charge in [-0.15, -0.1) is 10.2 Å². The zero-order valence-corrected chi connectivity index (χ0v) is 9.16. The molecule has 0 unspecified atom stereocenters. The quantitative estimate of drug-likeness (QED) is 0.645. The van der Waals surface area contributed by atoms with E-state index in [0.29, 0.717) is 24.1 Å². The summed E-state index contributed by atoms with van der Waals surface area (Å²) in [5.74, 6) is 0.520. The first-order chi connectivity index (χ1) is 7.79. The predicted octanol–water partition coefficient (Wildman–Crippen LogP) is -0.390. The number of rotatable bonds is 4. The Bertz CT molecular complexity index is 360. The van der Waals surface area contributed by atoms with Crippen LogP contribution < -0.4 is 16.0 Å². The lowest BCUT2D eigenvalue weighted by Crippen LogP contribution is -2.51. The zero-order valence-electron chi connectivity index (χ0n) is 9.16. The largest absolute Gasteiger partial charge is 0.363 e. The van der Waals surface area contributed by atoms with E-state index in [1.165, 1.54) is 0 Å². The van der Waals surface area contributed by atoms with E-state index in [0.717, 1.165) is 13.1 Å². The summed E-state index contributed by atoms with van der Waals surface area (Å²) in [6.07, 6.45) is 0. The maximum absolute atomic E-state index is 11.4. The normalized spacial score (nSPS) is 15.3. The van der Waals surface area contributed by atoms with E-state index in [2.05, 4.69) is 26.1 Å². The smallest absolute Gasteiger partial charge is 0.271 e. The second-order valence-electron chi connectivity index (χ2n) is 3.66. The summed E-state index contributed by atoms with van der Waals surface area (Å²) in [6, 6.07) is 3.87. The minimum atomic E-state index is -0.188. The average Bonchev–Trinajstić information content (AvgIpc) is 2.25. The molecule has 3 N–H and O–H groups in total. The Morgan fingerprint density at radius 1 is 1.50 bits per heavy atom. The summed E-state index contributed by atoms with van der Waals surface area (Å²) < 4.78 is 0. The van der Waals surface area contributed by atoms with Crippen LogP contribution in [-0.4, -0.2) is 41.8 Å². The predicted molar refractivity (Wildman–Crippen MR) is 60.3 cm³/mol. The highest BCUT2D eigenvalue weighted by molar-refractivity contribution is 5.92. The molecule has 0 aromatic carbocycles. The van der Waals surface area contributed by atoms with Crippen LogP contribution in [0.2, 0.25) is 0 Å². The van der Waals surface area contributed by atoms with E-state index in [4.69, 9.17) is 0 Å². The number of anilines is 1. The number of nitrogens with zero attached hydrogens (tertiary/aromatic N) is 2. The van der Waals surface area contributed by atoms with Crippen molar-refractivity contribution in [2.45, 2.75) is 13.0 Å². The van der Waals surface area contributed by atoms with Crippen molar-refractivity contribution in [3.63, 3.8) is 0 Å². The summed E-state index contributed by atoms with van der Waals surface area (Å²) in [5, 5.41) is 16.9. The van der Waals surface area contributed by atoms with E-state index in [-0.39, 0.29) is 5.91 Å². The molecule has 1 fully saturated rings. The van der Waals surface area contributed by atoms with Crippen molar-refractivity contribution in [2.75, 3.05) is 25.0 Å². The van der Waals surface area contributed by atoms with Crippen molar-refractivity contribution in [1.82, 2.24) is 20.8 Å².